The van der Waals surface area contributed by atoms with E-state index in [9.17, 15) is 9.59 Å². The molecule has 1 aliphatic heterocycles. The summed E-state index contributed by atoms with van der Waals surface area (Å²) in [7, 11) is 1.57. The van der Waals surface area contributed by atoms with Crippen molar-refractivity contribution in [2.45, 2.75) is 25.8 Å². The molecule has 118 valence electrons. The lowest BCUT2D eigenvalue weighted by Gasteiger charge is -2.27. The van der Waals surface area contributed by atoms with Crippen LogP contribution in [0.25, 0.3) is 11.2 Å². The van der Waals surface area contributed by atoms with E-state index in [1.807, 2.05) is 0 Å². The number of aromatic amines is 1. The zero-order valence-electron chi connectivity index (χ0n) is 12.3. The fraction of sp³-hybridized carbons (Fsp3) is 0.538. The van der Waals surface area contributed by atoms with Gasteiger partial charge in [0.25, 0.3) is 5.56 Å². The highest BCUT2D eigenvalue weighted by Crippen LogP contribution is 2.22. The van der Waals surface area contributed by atoms with E-state index >= 15 is 0 Å². The number of hydrogen-bond donors (Lipinski definition) is 2. The maximum atomic E-state index is 12.2. The minimum atomic E-state index is -0.497. The van der Waals surface area contributed by atoms with Gasteiger partial charge in [0, 0.05) is 20.1 Å². The Balaban J connectivity index is 2.25. The van der Waals surface area contributed by atoms with Gasteiger partial charge in [-0.25, -0.2) is 4.79 Å². The van der Waals surface area contributed by atoms with E-state index in [0.29, 0.717) is 17.1 Å². The van der Waals surface area contributed by atoms with E-state index in [-0.39, 0.29) is 6.54 Å². The minimum absolute atomic E-state index is 0.208. The van der Waals surface area contributed by atoms with Crippen molar-refractivity contribution in [1.82, 2.24) is 19.1 Å². The number of fused-ring (bicyclic) bond motifs is 1. The summed E-state index contributed by atoms with van der Waals surface area (Å²) in [6.45, 7) is 1.91. The zero-order valence-corrected chi connectivity index (χ0v) is 12.3. The van der Waals surface area contributed by atoms with Crippen molar-refractivity contribution in [3.63, 3.8) is 0 Å². The van der Waals surface area contributed by atoms with E-state index in [1.54, 1.807) is 11.6 Å². The molecule has 2 aromatic heterocycles. The average Bonchev–Trinajstić information content (AvgIpc) is 2.91. The first-order chi connectivity index (χ1) is 10.6. The zero-order chi connectivity index (χ0) is 15.7. The Morgan fingerprint density at radius 2 is 2.05 bits per heavy atom. The molecule has 2 aromatic rings. The summed E-state index contributed by atoms with van der Waals surface area (Å²) < 4.78 is 3.00. The molecule has 0 amide bonds. The van der Waals surface area contributed by atoms with E-state index in [1.165, 1.54) is 17.2 Å². The number of imidazole rings is 1. The fourth-order valence-corrected chi connectivity index (χ4v) is 2.85. The van der Waals surface area contributed by atoms with Crippen LogP contribution in [-0.2, 0) is 13.6 Å². The van der Waals surface area contributed by atoms with Gasteiger partial charge in [-0.2, -0.15) is 4.98 Å². The lowest BCUT2D eigenvalue weighted by Crippen LogP contribution is -2.32. The first-order valence-electron chi connectivity index (χ1n) is 7.24. The first kappa shape index (κ1) is 14.4. The molecule has 1 saturated heterocycles. The summed E-state index contributed by atoms with van der Waals surface area (Å²) in [6.07, 6.45) is 4.59. The maximum absolute atomic E-state index is 12.2. The number of piperidine rings is 1. The third-order valence-electron chi connectivity index (χ3n) is 3.97. The molecule has 0 saturated carbocycles. The molecule has 0 atom stereocenters. The van der Waals surface area contributed by atoms with Crippen molar-refractivity contribution in [3.8, 4) is 0 Å². The van der Waals surface area contributed by atoms with Crippen molar-refractivity contribution in [2.24, 2.45) is 12.2 Å². The summed E-state index contributed by atoms with van der Waals surface area (Å²) in [5.41, 5.74) is -0.341. The predicted molar refractivity (Wildman–Crippen MR) is 81.9 cm³/mol. The molecule has 0 bridgehead atoms. The normalized spacial score (nSPS) is 16.0. The van der Waals surface area contributed by atoms with Crippen LogP contribution < -0.4 is 16.1 Å². The smallest absolute Gasteiger partial charge is 0.329 e. The molecule has 0 radical (unpaired) electrons. The van der Waals surface area contributed by atoms with Crippen LogP contribution in [0.1, 0.15) is 19.3 Å². The number of oxime groups is 1. The van der Waals surface area contributed by atoms with Gasteiger partial charge in [-0.15, -0.1) is 5.16 Å². The molecule has 0 unspecified atom stereocenters. The summed E-state index contributed by atoms with van der Waals surface area (Å²) in [5, 5.41) is 11.7. The second kappa shape index (κ2) is 5.66. The van der Waals surface area contributed by atoms with Crippen LogP contribution >= 0.6 is 0 Å². The Labute approximate surface area is 125 Å². The predicted octanol–water partition coefficient (Wildman–Crippen LogP) is -0.126. The Morgan fingerprint density at radius 1 is 1.32 bits per heavy atom. The summed E-state index contributed by atoms with van der Waals surface area (Å²) in [4.78, 5) is 32.8. The Kier molecular flexibility index (Phi) is 3.70. The summed E-state index contributed by atoms with van der Waals surface area (Å²) in [5.74, 6) is 0.626. The SMILES string of the molecule is Cn1c(=O)[nH]c(=O)c2c1nc(N1CCCCC1)n2CC=NO. The molecule has 9 heteroatoms. The molecule has 1 fully saturated rings. The van der Waals surface area contributed by atoms with Crippen molar-refractivity contribution >= 4 is 23.3 Å². The highest BCUT2D eigenvalue weighted by Gasteiger charge is 2.22. The number of nitrogens with zero attached hydrogens (tertiary/aromatic N) is 5. The van der Waals surface area contributed by atoms with Crippen LogP contribution in [-0.4, -0.2) is 43.6 Å². The molecule has 3 rings (SSSR count). The Hall–Kier alpha value is -2.58. The lowest BCUT2D eigenvalue weighted by molar-refractivity contribution is 0.320. The highest BCUT2D eigenvalue weighted by molar-refractivity contribution is 5.76. The number of H-pyrrole nitrogens is 1. The number of nitrogens with one attached hydrogen (secondary N) is 1. The number of rotatable bonds is 3. The summed E-state index contributed by atoms with van der Waals surface area (Å²) in [6, 6.07) is 0. The van der Waals surface area contributed by atoms with Gasteiger partial charge >= 0.3 is 5.69 Å². The Morgan fingerprint density at radius 3 is 2.73 bits per heavy atom. The molecule has 0 aromatic carbocycles. The lowest BCUT2D eigenvalue weighted by atomic mass is 10.1. The van der Waals surface area contributed by atoms with Crippen molar-refractivity contribution in [2.75, 3.05) is 18.0 Å². The third kappa shape index (κ3) is 2.28. The van der Waals surface area contributed by atoms with E-state index in [0.717, 1.165) is 25.9 Å². The largest absolute Gasteiger partial charge is 0.411 e. The van der Waals surface area contributed by atoms with Gasteiger partial charge in [0.1, 0.15) is 0 Å². The molecule has 22 heavy (non-hydrogen) atoms. The van der Waals surface area contributed by atoms with Crippen molar-refractivity contribution in [3.05, 3.63) is 20.8 Å². The molecule has 2 N–H and O–H groups in total. The van der Waals surface area contributed by atoms with Crippen LogP contribution in [0.4, 0.5) is 5.95 Å². The highest BCUT2D eigenvalue weighted by atomic mass is 16.4. The van der Waals surface area contributed by atoms with Crippen molar-refractivity contribution < 1.29 is 5.21 Å². The minimum Gasteiger partial charge on any atom is -0.411 e. The number of aryl methyl sites for hydroxylation is 1. The second-order valence-electron chi connectivity index (χ2n) is 5.36. The van der Waals surface area contributed by atoms with Crippen LogP contribution in [0, 0.1) is 0 Å². The van der Waals surface area contributed by atoms with Crippen LogP contribution in [0.2, 0.25) is 0 Å². The quantitative estimate of drug-likeness (QED) is 0.466. The standard InChI is InChI=1S/C13H18N6O3/c1-17-10-9(11(20)16-13(17)21)19(8-5-14-22)12(15-10)18-6-3-2-4-7-18/h5,22H,2-4,6-8H2,1H3,(H,16,20,21). The van der Waals surface area contributed by atoms with E-state index in [2.05, 4.69) is 20.0 Å². The van der Waals surface area contributed by atoms with Crippen molar-refractivity contribution in [1.29, 1.82) is 0 Å². The van der Waals surface area contributed by atoms with Gasteiger partial charge in [-0.1, -0.05) is 0 Å². The van der Waals surface area contributed by atoms with Gasteiger partial charge in [0.15, 0.2) is 11.2 Å². The molecule has 3 heterocycles. The van der Waals surface area contributed by atoms with E-state index < -0.39 is 11.2 Å². The number of hydrogen-bond acceptors (Lipinski definition) is 6. The molecular weight excluding hydrogens is 288 g/mol. The summed E-state index contributed by atoms with van der Waals surface area (Å²) >= 11 is 0. The van der Waals surface area contributed by atoms with Gasteiger partial charge in [-0.3, -0.25) is 18.9 Å². The van der Waals surface area contributed by atoms with Crippen LogP contribution in [0.3, 0.4) is 0 Å². The molecule has 0 aliphatic carbocycles. The molecule has 1 aliphatic rings. The molecule has 9 nitrogen and oxygen atoms in total. The number of anilines is 1. The second-order valence-corrected chi connectivity index (χ2v) is 5.36. The fourth-order valence-electron chi connectivity index (χ4n) is 2.85. The van der Waals surface area contributed by atoms with E-state index in [4.69, 9.17) is 5.21 Å². The average molecular weight is 306 g/mol. The van der Waals surface area contributed by atoms with Crippen LogP contribution in [0.5, 0.6) is 0 Å². The molecule has 0 spiro atoms. The monoisotopic (exact) mass is 306 g/mol. The topological polar surface area (TPSA) is 109 Å². The van der Waals surface area contributed by atoms with Gasteiger partial charge in [-0.05, 0) is 19.3 Å². The van der Waals surface area contributed by atoms with Gasteiger partial charge in [0.05, 0.1) is 12.8 Å². The van der Waals surface area contributed by atoms with Crippen LogP contribution in [0.15, 0.2) is 14.7 Å². The third-order valence-corrected chi connectivity index (χ3v) is 3.97. The first-order valence-corrected chi connectivity index (χ1v) is 7.24. The van der Waals surface area contributed by atoms with Gasteiger partial charge in [0.2, 0.25) is 5.95 Å². The molecular formula is C13H18N6O3. The maximum Gasteiger partial charge on any atom is 0.329 e. The van der Waals surface area contributed by atoms with Gasteiger partial charge < -0.3 is 10.1 Å². The number of aromatic nitrogens is 4. The Bertz CT molecular complexity index is 825.